The van der Waals surface area contributed by atoms with E-state index in [-0.39, 0.29) is 23.9 Å². The highest BCUT2D eigenvalue weighted by atomic mass is 16.6. The van der Waals surface area contributed by atoms with Gasteiger partial charge < -0.3 is 30.8 Å². The Morgan fingerprint density at radius 2 is 1.95 bits per heavy atom. The maximum atomic E-state index is 10.9. The molecule has 6 N–H and O–H groups in total. The summed E-state index contributed by atoms with van der Waals surface area (Å²) in [6.45, 7) is 8.99. The van der Waals surface area contributed by atoms with Crippen molar-refractivity contribution < 1.29 is 20.1 Å². The number of nitrogen functional groups attached to an aromatic ring is 1. The first kappa shape index (κ1) is 28.9. The molecular formula is C30H42N8O4. The second kappa shape index (κ2) is 11.2. The van der Waals surface area contributed by atoms with E-state index in [4.69, 9.17) is 15.5 Å². The molecule has 0 unspecified atom stereocenters. The molecule has 226 valence electrons. The molecule has 12 heteroatoms. The van der Waals surface area contributed by atoms with Crippen molar-refractivity contribution in [3.05, 3.63) is 42.2 Å². The molecule has 2 fully saturated rings. The molecule has 42 heavy (non-hydrogen) atoms. The fourth-order valence-electron chi connectivity index (χ4n) is 6.39. The van der Waals surface area contributed by atoms with Crippen LogP contribution in [0.3, 0.4) is 0 Å². The lowest BCUT2D eigenvalue weighted by molar-refractivity contribution is -0.0620. The lowest BCUT2D eigenvalue weighted by Gasteiger charge is -2.46. The molecule has 1 saturated heterocycles. The maximum Gasteiger partial charge on any atom is 0.167 e. The van der Waals surface area contributed by atoms with Gasteiger partial charge in [0.15, 0.2) is 17.7 Å². The van der Waals surface area contributed by atoms with Gasteiger partial charge in [-0.2, -0.15) is 0 Å². The van der Waals surface area contributed by atoms with Gasteiger partial charge in [-0.25, -0.2) is 19.9 Å². The summed E-state index contributed by atoms with van der Waals surface area (Å²) in [5.41, 5.74) is 9.57. The van der Waals surface area contributed by atoms with Crippen molar-refractivity contribution in [3.63, 3.8) is 0 Å². The molecule has 12 nitrogen and oxygen atoms in total. The number of nitrogens with one attached hydrogen (secondary N) is 1. The number of nitrogens with zero attached hydrogens (tertiary/aromatic N) is 6. The van der Waals surface area contributed by atoms with Crippen molar-refractivity contribution in [2.24, 2.45) is 5.92 Å². The van der Waals surface area contributed by atoms with E-state index in [2.05, 4.69) is 56.9 Å². The topological polar surface area (TPSA) is 171 Å². The molecule has 1 aliphatic carbocycles. The molecule has 6 rings (SSSR count). The van der Waals surface area contributed by atoms with E-state index in [0.29, 0.717) is 29.7 Å². The average Bonchev–Trinajstić information content (AvgIpc) is 3.63. The van der Waals surface area contributed by atoms with Crippen LogP contribution in [-0.4, -0.2) is 93.3 Å². The fourth-order valence-corrected chi connectivity index (χ4v) is 6.39. The smallest absolute Gasteiger partial charge is 0.167 e. The van der Waals surface area contributed by atoms with E-state index < -0.39 is 24.5 Å². The van der Waals surface area contributed by atoms with Crippen LogP contribution in [0.4, 0.5) is 5.82 Å². The van der Waals surface area contributed by atoms with Crippen LogP contribution < -0.4 is 5.73 Å². The standard InChI is InChI=1S/C30H42N8O4/c1-16(2)37(12-22-25(40)26(41)29(42-22)38-15-34-24-27(31)32-14-33-28(24)38)19-9-17(10-19)5-8-23-35-20-7-6-18(11-21(20)36-23)30(3,4)13-39/h6-7,11,14-17,19,22,25-26,29,39-41H,5,8-10,12-13H2,1-4H3,(H,35,36)(H2,31,32,33)/t17-,19-,22-,25-,26-,29-/m1/s1. The second-order valence-electron chi connectivity index (χ2n) is 12.9. The highest BCUT2D eigenvalue weighted by molar-refractivity contribution is 5.81. The van der Waals surface area contributed by atoms with Gasteiger partial charge in [0.05, 0.1) is 24.0 Å². The molecule has 2 aliphatic rings. The SMILES string of the molecule is CC(C)N(C[C@H]1O[C@@H](n2cnc3c(N)ncnc32)[C@H](O)[C@@H]1O)[C@H]1C[C@H](CCc2nc3cc(C(C)(C)CO)ccc3[nH]2)C1. The van der Waals surface area contributed by atoms with Crippen LogP contribution in [0, 0.1) is 5.92 Å². The Kier molecular flexibility index (Phi) is 7.69. The Hall–Kier alpha value is -3.16. The Morgan fingerprint density at radius 1 is 1.17 bits per heavy atom. The number of benzene rings is 1. The van der Waals surface area contributed by atoms with E-state index in [1.807, 2.05) is 13.8 Å². The van der Waals surface area contributed by atoms with Gasteiger partial charge in [0.1, 0.15) is 36.0 Å². The van der Waals surface area contributed by atoms with Crippen LogP contribution in [-0.2, 0) is 16.6 Å². The van der Waals surface area contributed by atoms with Crippen LogP contribution in [0.15, 0.2) is 30.9 Å². The molecule has 0 amide bonds. The lowest BCUT2D eigenvalue weighted by Crippen LogP contribution is -2.52. The molecule has 0 bridgehead atoms. The first-order valence-electron chi connectivity index (χ1n) is 14.9. The molecule has 4 atom stereocenters. The van der Waals surface area contributed by atoms with Crippen LogP contribution in [0.2, 0.25) is 0 Å². The Bertz CT molecular complexity index is 1540. The lowest BCUT2D eigenvalue weighted by atomic mass is 9.76. The van der Waals surface area contributed by atoms with Gasteiger partial charge in [-0.1, -0.05) is 19.9 Å². The van der Waals surface area contributed by atoms with Crippen molar-refractivity contribution in [1.82, 2.24) is 34.4 Å². The minimum atomic E-state index is -1.12. The average molecular weight is 579 g/mol. The predicted molar refractivity (Wildman–Crippen MR) is 159 cm³/mol. The van der Waals surface area contributed by atoms with Crippen molar-refractivity contribution in [2.75, 3.05) is 18.9 Å². The molecule has 1 aromatic carbocycles. The van der Waals surface area contributed by atoms with Crippen LogP contribution in [0.25, 0.3) is 22.2 Å². The van der Waals surface area contributed by atoms with Gasteiger partial charge in [-0.3, -0.25) is 9.47 Å². The van der Waals surface area contributed by atoms with Gasteiger partial charge >= 0.3 is 0 Å². The minimum Gasteiger partial charge on any atom is -0.395 e. The fraction of sp³-hybridized carbons (Fsp3) is 0.600. The van der Waals surface area contributed by atoms with E-state index >= 15 is 0 Å². The zero-order valence-corrected chi connectivity index (χ0v) is 24.7. The number of aryl methyl sites for hydroxylation is 1. The van der Waals surface area contributed by atoms with Crippen molar-refractivity contribution in [1.29, 1.82) is 0 Å². The van der Waals surface area contributed by atoms with E-state index in [0.717, 1.165) is 48.1 Å². The number of aliphatic hydroxyl groups excluding tert-OH is 3. The first-order valence-corrected chi connectivity index (χ1v) is 14.9. The number of aromatic nitrogens is 6. The number of nitrogens with two attached hydrogens (primary N) is 1. The number of imidazole rings is 2. The number of rotatable bonds is 10. The molecule has 4 aromatic rings. The van der Waals surface area contributed by atoms with Crippen LogP contribution in [0.5, 0.6) is 0 Å². The largest absolute Gasteiger partial charge is 0.395 e. The van der Waals surface area contributed by atoms with Gasteiger partial charge in [0, 0.05) is 30.5 Å². The number of hydrogen-bond donors (Lipinski definition) is 5. The normalized spacial score (nSPS) is 26.6. The summed E-state index contributed by atoms with van der Waals surface area (Å²) in [6, 6.07) is 6.84. The Balaban J connectivity index is 1.05. The monoisotopic (exact) mass is 578 g/mol. The second-order valence-corrected chi connectivity index (χ2v) is 12.9. The zero-order chi connectivity index (χ0) is 29.8. The third-order valence-corrected chi connectivity index (χ3v) is 9.23. The summed E-state index contributed by atoms with van der Waals surface area (Å²) in [6.07, 6.45) is 3.42. The number of hydrogen-bond acceptors (Lipinski definition) is 10. The number of ether oxygens (including phenoxy) is 1. The quantitative estimate of drug-likeness (QED) is 0.188. The van der Waals surface area contributed by atoms with Gasteiger partial charge in [-0.15, -0.1) is 0 Å². The third kappa shape index (κ3) is 5.26. The maximum absolute atomic E-state index is 10.9. The van der Waals surface area contributed by atoms with Crippen LogP contribution >= 0.6 is 0 Å². The number of aliphatic hydroxyl groups is 3. The molecule has 3 aromatic heterocycles. The highest BCUT2D eigenvalue weighted by Gasteiger charge is 2.46. The zero-order valence-electron chi connectivity index (χ0n) is 24.7. The van der Waals surface area contributed by atoms with Gasteiger partial charge in [0.2, 0.25) is 0 Å². The van der Waals surface area contributed by atoms with Crippen molar-refractivity contribution in [3.8, 4) is 0 Å². The van der Waals surface area contributed by atoms with Crippen molar-refractivity contribution >= 4 is 28.0 Å². The minimum absolute atomic E-state index is 0.0891. The molecule has 1 saturated carbocycles. The van der Waals surface area contributed by atoms with E-state index in [9.17, 15) is 15.3 Å². The summed E-state index contributed by atoms with van der Waals surface area (Å²) >= 11 is 0. The molecular weight excluding hydrogens is 536 g/mol. The number of H-pyrrole nitrogens is 1. The molecule has 0 radical (unpaired) electrons. The summed E-state index contributed by atoms with van der Waals surface area (Å²) < 4.78 is 7.85. The van der Waals surface area contributed by atoms with E-state index in [1.54, 1.807) is 4.57 Å². The Morgan fingerprint density at radius 3 is 2.69 bits per heavy atom. The molecule has 0 spiro atoms. The third-order valence-electron chi connectivity index (χ3n) is 9.23. The molecule has 4 heterocycles. The summed E-state index contributed by atoms with van der Waals surface area (Å²) in [7, 11) is 0. The number of anilines is 1. The Labute approximate surface area is 245 Å². The summed E-state index contributed by atoms with van der Waals surface area (Å²) in [4.78, 5) is 23.2. The van der Waals surface area contributed by atoms with Gasteiger partial charge in [0.25, 0.3) is 0 Å². The predicted octanol–water partition coefficient (Wildman–Crippen LogP) is 2.30. The molecule has 1 aliphatic heterocycles. The van der Waals surface area contributed by atoms with Crippen LogP contribution in [0.1, 0.15) is 64.6 Å². The number of aromatic amines is 1. The van der Waals surface area contributed by atoms with Gasteiger partial charge in [-0.05, 0) is 56.7 Å². The van der Waals surface area contributed by atoms with Crippen molar-refractivity contribution in [2.45, 2.75) is 95.4 Å². The first-order chi connectivity index (χ1) is 20.1. The highest BCUT2D eigenvalue weighted by Crippen LogP contribution is 2.38. The summed E-state index contributed by atoms with van der Waals surface area (Å²) in [5, 5.41) is 31.6. The number of fused-ring (bicyclic) bond motifs is 2. The summed E-state index contributed by atoms with van der Waals surface area (Å²) in [5.74, 6) is 1.85. The van der Waals surface area contributed by atoms with E-state index in [1.165, 1.54) is 12.7 Å².